The molecule has 168 valence electrons. The number of halogens is 1. The molecule has 0 spiro atoms. The average Bonchev–Trinajstić information content (AvgIpc) is 2.84. The molecule has 0 aliphatic rings. The quantitative estimate of drug-likeness (QED) is 0.281. The lowest BCUT2D eigenvalue weighted by atomic mass is 10.2. The summed E-state index contributed by atoms with van der Waals surface area (Å²) in [5.41, 5.74) is 1.67. The Morgan fingerprint density at radius 2 is 1.79 bits per heavy atom. The Balaban J connectivity index is 1.78. The van der Waals surface area contributed by atoms with Gasteiger partial charge in [0.25, 0.3) is 5.56 Å². The van der Waals surface area contributed by atoms with Gasteiger partial charge < -0.3 is 9.64 Å². The molecule has 4 rings (SSSR count). The Morgan fingerprint density at radius 3 is 2.48 bits per heavy atom. The molecule has 8 heteroatoms. The van der Waals surface area contributed by atoms with Gasteiger partial charge in [-0.25, -0.2) is 4.98 Å². The Bertz CT molecular complexity index is 1370. The van der Waals surface area contributed by atoms with Crippen LogP contribution in [-0.2, 0) is 4.79 Å². The number of para-hydroxylation sites is 2. The van der Waals surface area contributed by atoms with Gasteiger partial charge in [-0.1, -0.05) is 53.7 Å². The zero-order valence-corrected chi connectivity index (χ0v) is 19.9. The molecule has 0 N–H and O–H groups in total. The van der Waals surface area contributed by atoms with Crippen molar-refractivity contribution in [2.45, 2.75) is 17.3 Å². The molecule has 0 aliphatic heterocycles. The molecular weight excluding hydrogens is 458 g/mol. The van der Waals surface area contributed by atoms with Crippen LogP contribution in [0.4, 0.5) is 5.69 Å². The van der Waals surface area contributed by atoms with Crippen molar-refractivity contribution >= 4 is 45.9 Å². The number of fused-ring (bicyclic) bond motifs is 1. The number of aromatic nitrogens is 2. The highest BCUT2D eigenvalue weighted by molar-refractivity contribution is 8.00. The number of carbonyl (C=O) groups is 1. The smallest absolute Gasteiger partial charge is 0.266 e. The Labute approximate surface area is 200 Å². The number of amides is 1. The lowest BCUT2D eigenvalue weighted by molar-refractivity contribution is -0.117. The largest absolute Gasteiger partial charge is 0.495 e. The Morgan fingerprint density at radius 1 is 1.09 bits per heavy atom. The maximum atomic E-state index is 13.5. The fourth-order valence-electron chi connectivity index (χ4n) is 3.47. The Kier molecular flexibility index (Phi) is 6.72. The van der Waals surface area contributed by atoms with Gasteiger partial charge >= 0.3 is 0 Å². The second kappa shape index (κ2) is 9.68. The van der Waals surface area contributed by atoms with Gasteiger partial charge in [-0.05, 0) is 49.4 Å². The minimum Gasteiger partial charge on any atom is -0.495 e. The highest BCUT2D eigenvalue weighted by atomic mass is 35.5. The molecule has 1 unspecified atom stereocenters. The van der Waals surface area contributed by atoms with Gasteiger partial charge in [0.1, 0.15) is 5.75 Å². The zero-order valence-electron chi connectivity index (χ0n) is 18.4. The molecule has 33 heavy (non-hydrogen) atoms. The molecule has 1 atom stereocenters. The third-order valence-corrected chi connectivity index (χ3v) is 6.58. The van der Waals surface area contributed by atoms with Crippen LogP contribution in [0.2, 0.25) is 5.02 Å². The molecule has 0 aliphatic carbocycles. The van der Waals surface area contributed by atoms with Gasteiger partial charge in [-0.3, -0.25) is 14.2 Å². The van der Waals surface area contributed by atoms with Gasteiger partial charge in [0.2, 0.25) is 5.91 Å². The lowest BCUT2D eigenvalue weighted by Gasteiger charge is -2.22. The third-order valence-electron chi connectivity index (χ3n) is 5.24. The van der Waals surface area contributed by atoms with E-state index in [4.69, 9.17) is 21.3 Å². The number of thioether (sulfide) groups is 1. The van der Waals surface area contributed by atoms with Crippen LogP contribution in [0.25, 0.3) is 16.6 Å². The molecule has 4 aromatic rings. The van der Waals surface area contributed by atoms with Crippen molar-refractivity contribution in [2.75, 3.05) is 19.1 Å². The van der Waals surface area contributed by atoms with E-state index in [1.165, 1.54) is 23.4 Å². The van der Waals surface area contributed by atoms with E-state index in [9.17, 15) is 9.59 Å². The van der Waals surface area contributed by atoms with Gasteiger partial charge in [0, 0.05) is 12.7 Å². The first-order chi connectivity index (χ1) is 15.9. The van der Waals surface area contributed by atoms with Crippen LogP contribution < -0.4 is 15.2 Å². The van der Waals surface area contributed by atoms with Gasteiger partial charge in [0.05, 0.1) is 34.0 Å². The van der Waals surface area contributed by atoms with Crippen LogP contribution in [0.15, 0.2) is 82.7 Å². The number of ether oxygens (including phenoxy) is 1. The molecule has 3 aromatic carbocycles. The monoisotopic (exact) mass is 479 g/mol. The van der Waals surface area contributed by atoms with Crippen molar-refractivity contribution in [3.8, 4) is 11.4 Å². The lowest BCUT2D eigenvalue weighted by Crippen LogP contribution is -2.33. The summed E-state index contributed by atoms with van der Waals surface area (Å²) in [7, 11) is 3.27. The predicted molar refractivity (Wildman–Crippen MR) is 134 cm³/mol. The summed E-state index contributed by atoms with van der Waals surface area (Å²) in [5, 5.41) is 0.763. The second-order valence-corrected chi connectivity index (χ2v) is 9.08. The molecule has 0 radical (unpaired) electrons. The summed E-state index contributed by atoms with van der Waals surface area (Å²) < 4.78 is 6.73. The molecule has 0 saturated carbocycles. The SMILES string of the molecule is COc1ccc(-n2c(SC(C)C(=O)N(C)c3ccccc3)nc3ccccc3c2=O)cc1Cl. The summed E-state index contributed by atoms with van der Waals surface area (Å²) in [6.07, 6.45) is 0. The van der Waals surface area contributed by atoms with Crippen molar-refractivity contribution < 1.29 is 9.53 Å². The highest BCUT2D eigenvalue weighted by Gasteiger charge is 2.23. The molecule has 1 amide bonds. The first-order valence-electron chi connectivity index (χ1n) is 10.3. The third kappa shape index (κ3) is 4.60. The summed E-state index contributed by atoms with van der Waals surface area (Å²) in [5.74, 6) is 0.400. The number of benzene rings is 3. The minimum atomic E-state index is -0.497. The number of methoxy groups -OCH3 is 1. The van der Waals surface area contributed by atoms with Crippen LogP contribution >= 0.6 is 23.4 Å². The standard InChI is InChI=1S/C25H22ClN3O3S/c1-16(23(30)28(2)17-9-5-4-6-10-17)33-25-27-21-12-8-7-11-19(21)24(31)29(25)18-13-14-22(32-3)20(26)15-18/h4-16H,1-3H3. The molecule has 0 saturated heterocycles. The molecular formula is C25H22ClN3O3S. The Hall–Kier alpha value is -3.29. The molecule has 0 fully saturated rings. The number of nitrogens with zero attached hydrogens (tertiary/aromatic N) is 3. The molecule has 1 heterocycles. The second-order valence-electron chi connectivity index (χ2n) is 7.36. The van der Waals surface area contributed by atoms with Crippen molar-refractivity contribution in [1.29, 1.82) is 0 Å². The van der Waals surface area contributed by atoms with Crippen LogP contribution in [0.5, 0.6) is 5.75 Å². The fraction of sp³-hybridized carbons (Fsp3) is 0.160. The van der Waals surface area contributed by atoms with E-state index >= 15 is 0 Å². The van der Waals surface area contributed by atoms with Crippen LogP contribution in [-0.4, -0.2) is 34.9 Å². The van der Waals surface area contributed by atoms with E-state index in [2.05, 4.69) is 0 Å². The van der Waals surface area contributed by atoms with Crippen molar-refractivity contribution in [2.24, 2.45) is 0 Å². The predicted octanol–water partition coefficient (Wildman–Crippen LogP) is 5.19. The maximum absolute atomic E-state index is 13.5. The maximum Gasteiger partial charge on any atom is 0.266 e. The van der Waals surface area contributed by atoms with E-state index in [1.54, 1.807) is 55.3 Å². The zero-order chi connectivity index (χ0) is 23.5. The van der Waals surface area contributed by atoms with E-state index < -0.39 is 5.25 Å². The van der Waals surface area contributed by atoms with Gasteiger partial charge in [0.15, 0.2) is 5.16 Å². The highest BCUT2D eigenvalue weighted by Crippen LogP contribution is 2.30. The number of rotatable bonds is 6. The van der Waals surface area contributed by atoms with Gasteiger partial charge in [-0.15, -0.1) is 0 Å². The van der Waals surface area contributed by atoms with E-state index in [-0.39, 0.29) is 11.5 Å². The van der Waals surface area contributed by atoms with Crippen molar-refractivity contribution in [3.63, 3.8) is 0 Å². The average molecular weight is 480 g/mol. The van der Waals surface area contributed by atoms with Gasteiger partial charge in [-0.2, -0.15) is 0 Å². The summed E-state index contributed by atoms with van der Waals surface area (Å²) in [6.45, 7) is 1.80. The number of carbonyl (C=O) groups excluding carboxylic acids is 1. The summed E-state index contributed by atoms with van der Waals surface area (Å²) in [6, 6.07) is 21.7. The molecule has 6 nitrogen and oxygen atoms in total. The van der Waals surface area contributed by atoms with Crippen LogP contribution in [0, 0.1) is 0 Å². The topological polar surface area (TPSA) is 64.4 Å². The first-order valence-corrected chi connectivity index (χ1v) is 11.5. The number of hydrogen-bond donors (Lipinski definition) is 0. The van der Waals surface area contributed by atoms with Crippen LogP contribution in [0.3, 0.4) is 0 Å². The number of anilines is 1. The van der Waals surface area contributed by atoms with Crippen LogP contribution in [0.1, 0.15) is 6.92 Å². The van der Waals surface area contributed by atoms with Crippen molar-refractivity contribution in [3.05, 3.63) is 88.2 Å². The normalized spacial score (nSPS) is 11.9. The first kappa shape index (κ1) is 22.9. The van der Waals surface area contributed by atoms with E-state index in [0.717, 1.165) is 5.69 Å². The van der Waals surface area contributed by atoms with E-state index in [0.29, 0.717) is 32.5 Å². The minimum absolute atomic E-state index is 0.104. The fourth-order valence-corrected chi connectivity index (χ4v) is 4.75. The van der Waals surface area contributed by atoms with Crippen molar-refractivity contribution in [1.82, 2.24) is 9.55 Å². The summed E-state index contributed by atoms with van der Waals surface area (Å²) >= 11 is 7.57. The molecule has 1 aromatic heterocycles. The van der Waals surface area contributed by atoms with E-state index in [1.807, 2.05) is 36.4 Å². The summed E-state index contributed by atoms with van der Waals surface area (Å²) in [4.78, 5) is 32.9. The molecule has 0 bridgehead atoms. The number of hydrogen-bond acceptors (Lipinski definition) is 5.